The van der Waals surface area contributed by atoms with Gasteiger partial charge in [0, 0.05) is 6.42 Å². The highest BCUT2D eigenvalue weighted by Crippen LogP contribution is 2.06. The third-order valence-electron chi connectivity index (χ3n) is 1.41. The van der Waals surface area contributed by atoms with Gasteiger partial charge in [0.05, 0.1) is 12.4 Å². The van der Waals surface area contributed by atoms with Gasteiger partial charge in [-0.05, 0) is 26.7 Å². The number of rotatable bonds is 6. The average molecular weight is 154 g/mol. The summed E-state index contributed by atoms with van der Waals surface area (Å²) < 4.78 is 5.20. The summed E-state index contributed by atoms with van der Waals surface area (Å²) in [7, 11) is 0. The van der Waals surface area contributed by atoms with Crippen LogP contribution in [0, 0.1) is 0 Å². The van der Waals surface area contributed by atoms with E-state index in [0.29, 0.717) is 0 Å². The summed E-state index contributed by atoms with van der Waals surface area (Å²) in [6.45, 7) is 8.56. The minimum Gasteiger partial charge on any atom is -0.499 e. The van der Waals surface area contributed by atoms with Gasteiger partial charge in [-0.1, -0.05) is 18.7 Å². The van der Waals surface area contributed by atoms with Crippen LogP contribution >= 0.6 is 0 Å². The molecular formula is C10H18O. The monoisotopic (exact) mass is 154 g/mol. The second-order valence-electron chi connectivity index (χ2n) is 2.43. The van der Waals surface area contributed by atoms with Crippen molar-refractivity contribution in [1.29, 1.82) is 0 Å². The van der Waals surface area contributed by atoms with Crippen LogP contribution in [-0.4, -0.2) is 6.61 Å². The molecule has 0 amide bonds. The number of ether oxygens (including phenoxy) is 1. The van der Waals surface area contributed by atoms with Gasteiger partial charge in [-0.15, -0.1) is 0 Å². The SMILES string of the molecule is C=C(CCC/C=C\C)OCC. The summed E-state index contributed by atoms with van der Waals surface area (Å²) in [5.41, 5.74) is 0. The molecule has 0 heterocycles. The van der Waals surface area contributed by atoms with Crippen LogP contribution in [0.25, 0.3) is 0 Å². The minimum absolute atomic E-state index is 0.739. The van der Waals surface area contributed by atoms with Gasteiger partial charge in [-0.3, -0.25) is 0 Å². The van der Waals surface area contributed by atoms with Gasteiger partial charge in [0.2, 0.25) is 0 Å². The maximum absolute atomic E-state index is 5.20. The molecule has 1 nitrogen and oxygen atoms in total. The van der Waals surface area contributed by atoms with Crippen molar-refractivity contribution in [2.45, 2.75) is 33.1 Å². The van der Waals surface area contributed by atoms with E-state index in [9.17, 15) is 0 Å². The highest BCUT2D eigenvalue weighted by molar-refractivity contribution is 4.84. The first-order valence-corrected chi connectivity index (χ1v) is 4.23. The van der Waals surface area contributed by atoms with Crippen molar-refractivity contribution in [2.75, 3.05) is 6.61 Å². The molecule has 0 radical (unpaired) electrons. The fourth-order valence-corrected chi connectivity index (χ4v) is 0.860. The lowest BCUT2D eigenvalue weighted by Gasteiger charge is -2.04. The smallest absolute Gasteiger partial charge is 0.0888 e. The average Bonchev–Trinajstić information content (AvgIpc) is 1.99. The standard InChI is InChI=1S/C10H18O/c1-4-6-7-8-9-10(3)11-5-2/h4,6H,3,5,7-9H2,1-2H3/b6-4-. The lowest BCUT2D eigenvalue weighted by molar-refractivity contribution is 0.219. The van der Waals surface area contributed by atoms with E-state index < -0.39 is 0 Å². The molecule has 0 aliphatic heterocycles. The Morgan fingerprint density at radius 1 is 1.55 bits per heavy atom. The van der Waals surface area contributed by atoms with Crippen molar-refractivity contribution < 1.29 is 4.74 Å². The van der Waals surface area contributed by atoms with Crippen LogP contribution in [0.3, 0.4) is 0 Å². The topological polar surface area (TPSA) is 9.23 Å². The number of hydrogen-bond acceptors (Lipinski definition) is 1. The van der Waals surface area contributed by atoms with E-state index in [2.05, 4.69) is 18.7 Å². The molecule has 0 aromatic rings. The maximum Gasteiger partial charge on any atom is 0.0888 e. The summed E-state index contributed by atoms with van der Waals surface area (Å²) in [5, 5.41) is 0. The molecule has 0 saturated carbocycles. The van der Waals surface area contributed by atoms with Gasteiger partial charge in [-0.2, -0.15) is 0 Å². The summed E-state index contributed by atoms with van der Waals surface area (Å²) in [6.07, 6.45) is 7.49. The summed E-state index contributed by atoms with van der Waals surface area (Å²) in [6, 6.07) is 0. The van der Waals surface area contributed by atoms with Crippen molar-refractivity contribution in [1.82, 2.24) is 0 Å². The number of unbranched alkanes of at least 4 members (excludes halogenated alkanes) is 1. The Morgan fingerprint density at radius 3 is 2.82 bits per heavy atom. The van der Waals surface area contributed by atoms with Gasteiger partial charge in [0.25, 0.3) is 0 Å². The van der Waals surface area contributed by atoms with Crippen LogP contribution < -0.4 is 0 Å². The van der Waals surface area contributed by atoms with Gasteiger partial charge < -0.3 is 4.74 Å². The third kappa shape index (κ3) is 7.17. The van der Waals surface area contributed by atoms with E-state index in [1.54, 1.807) is 0 Å². The zero-order valence-corrected chi connectivity index (χ0v) is 7.60. The summed E-state index contributed by atoms with van der Waals surface area (Å²) >= 11 is 0. The Balaban J connectivity index is 3.17. The van der Waals surface area contributed by atoms with Crippen molar-refractivity contribution >= 4 is 0 Å². The quantitative estimate of drug-likeness (QED) is 0.324. The second-order valence-corrected chi connectivity index (χ2v) is 2.43. The first kappa shape index (κ1) is 10.3. The van der Waals surface area contributed by atoms with Crippen molar-refractivity contribution in [3.05, 3.63) is 24.5 Å². The van der Waals surface area contributed by atoms with Crippen molar-refractivity contribution in [3.63, 3.8) is 0 Å². The Kier molecular flexibility index (Phi) is 6.90. The van der Waals surface area contributed by atoms with Crippen LogP contribution in [0.5, 0.6) is 0 Å². The largest absolute Gasteiger partial charge is 0.499 e. The molecule has 0 bridgehead atoms. The van der Waals surface area contributed by atoms with Crippen LogP contribution in [0.15, 0.2) is 24.5 Å². The predicted molar refractivity (Wildman–Crippen MR) is 49.4 cm³/mol. The molecule has 0 saturated heterocycles. The molecule has 0 fully saturated rings. The molecule has 0 aliphatic carbocycles. The summed E-state index contributed by atoms with van der Waals surface area (Å²) in [4.78, 5) is 0. The van der Waals surface area contributed by atoms with Crippen LogP contribution in [0.2, 0.25) is 0 Å². The molecule has 0 N–H and O–H groups in total. The van der Waals surface area contributed by atoms with E-state index in [1.165, 1.54) is 0 Å². The van der Waals surface area contributed by atoms with Crippen molar-refractivity contribution in [2.24, 2.45) is 0 Å². The molecule has 0 aromatic carbocycles. The Hall–Kier alpha value is -0.720. The molecule has 0 rings (SSSR count). The van der Waals surface area contributed by atoms with Crippen LogP contribution in [-0.2, 0) is 4.74 Å². The molecule has 11 heavy (non-hydrogen) atoms. The van der Waals surface area contributed by atoms with Gasteiger partial charge in [0.15, 0.2) is 0 Å². The van der Waals surface area contributed by atoms with E-state index in [0.717, 1.165) is 31.6 Å². The van der Waals surface area contributed by atoms with Gasteiger partial charge >= 0.3 is 0 Å². The Labute approximate surface area is 69.8 Å². The van der Waals surface area contributed by atoms with E-state index in [1.807, 2.05) is 13.8 Å². The van der Waals surface area contributed by atoms with Crippen LogP contribution in [0.1, 0.15) is 33.1 Å². The van der Waals surface area contributed by atoms with Gasteiger partial charge in [0.1, 0.15) is 0 Å². The maximum atomic E-state index is 5.20. The predicted octanol–water partition coefficient (Wildman–Crippen LogP) is 3.28. The molecule has 0 unspecified atom stereocenters. The molecule has 0 aliphatic rings. The molecular weight excluding hydrogens is 136 g/mol. The second kappa shape index (κ2) is 7.39. The molecule has 0 spiro atoms. The number of hydrogen-bond donors (Lipinski definition) is 0. The summed E-state index contributed by atoms with van der Waals surface area (Å²) in [5.74, 6) is 0.914. The Bertz CT molecular complexity index is 125. The van der Waals surface area contributed by atoms with E-state index in [4.69, 9.17) is 4.74 Å². The minimum atomic E-state index is 0.739. The van der Waals surface area contributed by atoms with Crippen molar-refractivity contribution in [3.8, 4) is 0 Å². The van der Waals surface area contributed by atoms with Gasteiger partial charge in [-0.25, -0.2) is 0 Å². The van der Waals surface area contributed by atoms with Crippen LogP contribution in [0.4, 0.5) is 0 Å². The zero-order chi connectivity index (χ0) is 8.53. The fraction of sp³-hybridized carbons (Fsp3) is 0.600. The normalized spacial score (nSPS) is 10.4. The highest BCUT2D eigenvalue weighted by Gasteiger charge is 1.91. The first-order valence-electron chi connectivity index (χ1n) is 4.23. The van der Waals surface area contributed by atoms with E-state index >= 15 is 0 Å². The number of allylic oxidation sites excluding steroid dienone is 3. The molecule has 1 heteroatoms. The molecule has 0 aromatic heterocycles. The Morgan fingerprint density at radius 2 is 2.27 bits per heavy atom. The fourth-order valence-electron chi connectivity index (χ4n) is 0.860. The molecule has 0 atom stereocenters. The zero-order valence-electron chi connectivity index (χ0n) is 7.60. The first-order chi connectivity index (χ1) is 5.31. The lowest BCUT2D eigenvalue weighted by Crippen LogP contribution is -1.89. The van der Waals surface area contributed by atoms with E-state index in [-0.39, 0.29) is 0 Å². The lowest BCUT2D eigenvalue weighted by atomic mass is 10.2. The third-order valence-corrected chi connectivity index (χ3v) is 1.41. The highest BCUT2D eigenvalue weighted by atomic mass is 16.5. The molecule has 64 valence electrons.